The molecule has 1 spiro atoms. The third kappa shape index (κ3) is 4.60. The summed E-state index contributed by atoms with van der Waals surface area (Å²) in [5.41, 5.74) is 3.30. The fraction of sp³-hybridized carbons (Fsp3) is 0.229. The number of hydrogen-bond acceptors (Lipinski definition) is 3. The van der Waals surface area contributed by atoms with Crippen molar-refractivity contribution in [3.05, 3.63) is 156 Å². The van der Waals surface area contributed by atoms with Crippen LogP contribution >= 0.6 is 0 Å². The number of hydrogen-bond donors (Lipinski definition) is 0. The van der Waals surface area contributed by atoms with E-state index in [1.165, 1.54) is 0 Å². The van der Waals surface area contributed by atoms with Crippen molar-refractivity contribution < 1.29 is 14.3 Å². The molecule has 0 saturated carbocycles. The highest BCUT2D eigenvalue weighted by atomic mass is 16.6. The number of amides is 1. The van der Waals surface area contributed by atoms with Crippen LogP contribution in [0.1, 0.15) is 35.1 Å². The van der Waals surface area contributed by atoms with Crippen molar-refractivity contribution >= 4 is 5.91 Å². The molecule has 6 rings (SSSR count). The summed E-state index contributed by atoms with van der Waals surface area (Å²) in [6.07, 6.45) is 1.13. The van der Waals surface area contributed by atoms with Crippen LogP contribution in [0.2, 0.25) is 0 Å². The predicted molar refractivity (Wildman–Crippen MR) is 153 cm³/mol. The van der Waals surface area contributed by atoms with Gasteiger partial charge in [0.25, 0.3) is 5.91 Å². The Bertz CT molecular complexity index is 1330. The highest BCUT2D eigenvalue weighted by Gasteiger charge is 2.55. The molecule has 2 saturated heterocycles. The molecule has 4 heteroatoms. The molecule has 0 aromatic heterocycles. The Kier molecular flexibility index (Phi) is 6.90. The molecule has 39 heavy (non-hydrogen) atoms. The summed E-state index contributed by atoms with van der Waals surface area (Å²) in [7, 11) is 0. The van der Waals surface area contributed by atoms with Crippen molar-refractivity contribution in [3.8, 4) is 0 Å². The van der Waals surface area contributed by atoms with Crippen LogP contribution in [0, 0.1) is 0 Å². The van der Waals surface area contributed by atoms with Gasteiger partial charge in [0.1, 0.15) is 5.60 Å². The van der Waals surface area contributed by atoms with Crippen LogP contribution in [0.15, 0.2) is 133 Å². The summed E-state index contributed by atoms with van der Waals surface area (Å²) in [5.74, 6) is 0.0132. The molecule has 0 bridgehead atoms. The molecule has 2 heterocycles. The summed E-state index contributed by atoms with van der Waals surface area (Å²) in [6.45, 7) is 5.71. The summed E-state index contributed by atoms with van der Waals surface area (Å²) in [4.78, 5) is 15.5. The highest BCUT2D eigenvalue weighted by molar-refractivity contribution is 5.92. The lowest BCUT2D eigenvalue weighted by molar-refractivity contribution is -0.149. The Morgan fingerprint density at radius 2 is 1.28 bits per heavy atom. The van der Waals surface area contributed by atoms with Gasteiger partial charge in [0.15, 0.2) is 5.60 Å². The number of nitrogens with zero attached hydrogens (tertiary/aromatic N) is 1. The van der Waals surface area contributed by atoms with Crippen LogP contribution in [0.5, 0.6) is 0 Å². The van der Waals surface area contributed by atoms with Crippen molar-refractivity contribution in [2.75, 3.05) is 13.2 Å². The third-order valence-electron chi connectivity index (χ3n) is 8.01. The molecule has 2 atom stereocenters. The standard InChI is InChI=1S/C35H33NO3/c1-27-24-36(25-28-14-6-2-7-15-28)33(37)34(27)23-22-32(39-34)26-38-35(29-16-8-3-9-17-29,30-18-10-4-11-19-30)31-20-12-5-13-21-31/h2-21,32H,1,22-26H2/t32?,34-/m1/s1. The van der Waals surface area contributed by atoms with Gasteiger partial charge in [-0.25, -0.2) is 0 Å². The van der Waals surface area contributed by atoms with E-state index >= 15 is 0 Å². The zero-order valence-corrected chi connectivity index (χ0v) is 22.0. The summed E-state index contributed by atoms with van der Waals surface area (Å²) in [6, 6.07) is 41.1. The molecule has 2 fully saturated rings. The van der Waals surface area contributed by atoms with Gasteiger partial charge in [-0.2, -0.15) is 0 Å². The average molecular weight is 516 g/mol. The molecule has 0 radical (unpaired) electrons. The monoisotopic (exact) mass is 515 g/mol. The molecule has 4 aromatic carbocycles. The second-order valence-electron chi connectivity index (χ2n) is 10.4. The van der Waals surface area contributed by atoms with Crippen LogP contribution in [0.25, 0.3) is 0 Å². The molecule has 0 aliphatic carbocycles. The van der Waals surface area contributed by atoms with Gasteiger partial charge in [0, 0.05) is 13.1 Å². The van der Waals surface area contributed by atoms with Gasteiger partial charge in [0.05, 0.1) is 12.7 Å². The molecule has 2 aliphatic heterocycles. The lowest BCUT2D eigenvalue weighted by atomic mass is 9.80. The van der Waals surface area contributed by atoms with Crippen molar-refractivity contribution in [2.45, 2.75) is 36.7 Å². The van der Waals surface area contributed by atoms with Crippen molar-refractivity contribution in [1.29, 1.82) is 0 Å². The minimum atomic E-state index is -0.961. The first-order chi connectivity index (χ1) is 19.1. The highest BCUT2D eigenvalue weighted by Crippen LogP contribution is 2.45. The lowest BCUT2D eigenvalue weighted by Crippen LogP contribution is -2.41. The summed E-state index contributed by atoms with van der Waals surface area (Å²) >= 11 is 0. The Morgan fingerprint density at radius 3 is 1.79 bits per heavy atom. The van der Waals surface area contributed by atoms with Crippen molar-refractivity contribution in [3.63, 3.8) is 0 Å². The number of ether oxygens (including phenoxy) is 2. The van der Waals surface area contributed by atoms with E-state index in [0.29, 0.717) is 26.1 Å². The second-order valence-corrected chi connectivity index (χ2v) is 10.4. The number of benzene rings is 4. The SMILES string of the molecule is C=C1CN(Cc2ccccc2)C(=O)[C@@]12CCC(COC(c1ccccc1)(c1ccccc1)c1ccccc1)O2. The molecular formula is C35H33NO3. The average Bonchev–Trinajstić information content (AvgIpc) is 3.53. The van der Waals surface area contributed by atoms with Gasteiger partial charge in [-0.05, 0) is 40.7 Å². The van der Waals surface area contributed by atoms with E-state index in [-0.39, 0.29) is 12.0 Å². The Labute approximate surface area is 230 Å². The quantitative estimate of drug-likeness (QED) is 0.198. The topological polar surface area (TPSA) is 38.8 Å². The first-order valence-corrected chi connectivity index (χ1v) is 13.6. The van der Waals surface area contributed by atoms with Crippen LogP contribution in [0.3, 0.4) is 0 Å². The minimum Gasteiger partial charge on any atom is -0.358 e. The zero-order chi connectivity index (χ0) is 26.7. The molecule has 0 N–H and O–H groups in total. The smallest absolute Gasteiger partial charge is 0.259 e. The largest absolute Gasteiger partial charge is 0.358 e. The number of carbonyl (C=O) groups is 1. The normalized spacial score (nSPS) is 21.1. The fourth-order valence-electron chi connectivity index (χ4n) is 6.06. The van der Waals surface area contributed by atoms with E-state index in [0.717, 1.165) is 34.2 Å². The lowest BCUT2D eigenvalue weighted by Gasteiger charge is -2.37. The van der Waals surface area contributed by atoms with E-state index in [9.17, 15) is 4.79 Å². The zero-order valence-electron chi connectivity index (χ0n) is 22.0. The van der Waals surface area contributed by atoms with Crippen LogP contribution in [-0.2, 0) is 26.4 Å². The molecule has 1 amide bonds. The Hall–Kier alpha value is -3.99. The number of likely N-dealkylation sites (tertiary alicyclic amines) is 1. The second kappa shape index (κ2) is 10.6. The van der Waals surface area contributed by atoms with Crippen LogP contribution in [-0.4, -0.2) is 35.7 Å². The first-order valence-electron chi connectivity index (χ1n) is 13.6. The minimum absolute atomic E-state index is 0.0132. The Balaban J connectivity index is 1.27. The number of carbonyl (C=O) groups excluding carboxylic acids is 1. The van der Waals surface area contributed by atoms with Gasteiger partial charge < -0.3 is 14.4 Å². The van der Waals surface area contributed by atoms with Crippen molar-refractivity contribution in [1.82, 2.24) is 4.90 Å². The first kappa shape index (κ1) is 25.3. The van der Waals surface area contributed by atoms with Gasteiger partial charge in [-0.1, -0.05) is 128 Å². The van der Waals surface area contributed by atoms with E-state index in [1.807, 2.05) is 89.8 Å². The maximum Gasteiger partial charge on any atom is 0.259 e. The molecule has 2 aliphatic rings. The molecular weight excluding hydrogens is 482 g/mol. The van der Waals surface area contributed by atoms with E-state index in [2.05, 4.69) is 43.0 Å². The summed E-state index contributed by atoms with van der Waals surface area (Å²) in [5, 5.41) is 0. The van der Waals surface area contributed by atoms with Gasteiger partial charge in [0.2, 0.25) is 0 Å². The molecule has 196 valence electrons. The third-order valence-corrected chi connectivity index (χ3v) is 8.01. The Morgan fingerprint density at radius 1 is 0.795 bits per heavy atom. The molecule has 4 nitrogen and oxygen atoms in total. The van der Waals surface area contributed by atoms with E-state index < -0.39 is 11.2 Å². The van der Waals surface area contributed by atoms with Crippen molar-refractivity contribution in [2.24, 2.45) is 0 Å². The predicted octanol–water partition coefficient (Wildman–Crippen LogP) is 6.51. The van der Waals surface area contributed by atoms with Crippen LogP contribution in [0.4, 0.5) is 0 Å². The van der Waals surface area contributed by atoms with Gasteiger partial charge >= 0.3 is 0 Å². The maximum atomic E-state index is 13.7. The van der Waals surface area contributed by atoms with Gasteiger partial charge in [-0.3, -0.25) is 4.79 Å². The summed E-state index contributed by atoms with van der Waals surface area (Å²) < 4.78 is 13.6. The fourth-order valence-corrected chi connectivity index (χ4v) is 6.06. The van der Waals surface area contributed by atoms with Gasteiger partial charge in [-0.15, -0.1) is 0 Å². The van der Waals surface area contributed by atoms with E-state index in [4.69, 9.17) is 9.47 Å². The molecule has 4 aromatic rings. The van der Waals surface area contributed by atoms with E-state index in [1.54, 1.807) is 0 Å². The maximum absolute atomic E-state index is 13.7. The molecule has 1 unspecified atom stereocenters. The van der Waals surface area contributed by atoms with Crippen LogP contribution < -0.4 is 0 Å². The number of rotatable bonds is 8.